The lowest BCUT2D eigenvalue weighted by molar-refractivity contribution is -0.113. The average Bonchev–Trinajstić information content (AvgIpc) is 3.40. The zero-order valence-electron chi connectivity index (χ0n) is 17.9. The van der Waals surface area contributed by atoms with Crippen molar-refractivity contribution in [2.24, 2.45) is 0 Å². The number of methoxy groups -OCH3 is 1. The number of aromatic nitrogens is 4. The van der Waals surface area contributed by atoms with Crippen LogP contribution < -0.4 is 14.8 Å². The fraction of sp³-hybridized carbons (Fsp3) is 0.273. The number of carbonyl (C=O) groups excluding carboxylic acids is 1. The van der Waals surface area contributed by atoms with Crippen molar-refractivity contribution in [3.05, 3.63) is 54.4 Å². The van der Waals surface area contributed by atoms with Crippen molar-refractivity contribution in [3.63, 3.8) is 0 Å². The number of amides is 1. The SMILES string of the molecule is CCn1c(SCC(=O)Nc2nc3ccccc3s2)nnc1C(C)Oc1cccc(OC)c1. The average molecular weight is 470 g/mol. The van der Waals surface area contributed by atoms with Gasteiger partial charge in [0.05, 0.1) is 23.1 Å². The lowest BCUT2D eigenvalue weighted by Crippen LogP contribution is -2.15. The van der Waals surface area contributed by atoms with Gasteiger partial charge in [-0.3, -0.25) is 4.79 Å². The predicted molar refractivity (Wildman–Crippen MR) is 127 cm³/mol. The highest BCUT2D eigenvalue weighted by Crippen LogP contribution is 2.28. The van der Waals surface area contributed by atoms with Crippen LogP contribution in [0, 0.1) is 0 Å². The van der Waals surface area contributed by atoms with Crippen LogP contribution in [0.3, 0.4) is 0 Å². The van der Waals surface area contributed by atoms with Gasteiger partial charge < -0.3 is 19.4 Å². The molecule has 0 spiro atoms. The Morgan fingerprint density at radius 1 is 1.19 bits per heavy atom. The molecule has 1 unspecified atom stereocenters. The van der Waals surface area contributed by atoms with Crippen LogP contribution in [0.5, 0.6) is 11.5 Å². The Bertz CT molecular complexity index is 1190. The van der Waals surface area contributed by atoms with E-state index in [1.54, 1.807) is 7.11 Å². The molecule has 1 N–H and O–H groups in total. The van der Waals surface area contributed by atoms with Gasteiger partial charge in [-0.15, -0.1) is 10.2 Å². The van der Waals surface area contributed by atoms with E-state index in [-0.39, 0.29) is 17.8 Å². The minimum atomic E-state index is -0.319. The molecule has 4 aromatic rings. The number of nitrogens with zero attached hydrogens (tertiary/aromatic N) is 4. The summed E-state index contributed by atoms with van der Waals surface area (Å²) < 4.78 is 14.3. The minimum Gasteiger partial charge on any atom is -0.497 e. The van der Waals surface area contributed by atoms with E-state index in [1.807, 2.05) is 66.9 Å². The van der Waals surface area contributed by atoms with Gasteiger partial charge in [0, 0.05) is 12.6 Å². The topological polar surface area (TPSA) is 91.2 Å². The molecule has 166 valence electrons. The summed E-state index contributed by atoms with van der Waals surface area (Å²) in [5.41, 5.74) is 0.876. The second-order valence-corrected chi connectivity index (χ2v) is 8.82. The summed E-state index contributed by atoms with van der Waals surface area (Å²) in [6.07, 6.45) is -0.319. The molecule has 0 saturated carbocycles. The fourth-order valence-corrected chi connectivity index (χ4v) is 4.84. The van der Waals surface area contributed by atoms with Crippen LogP contribution in [0.1, 0.15) is 25.8 Å². The number of thioether (sulfide) groups is 1. The third-order valence-corrected chi connectivity index (χ3v) is 6.57. The van der Waals surface area contributed by atoms with Gasteiger partial charge >= 0.3 is 0 Å². The van der Waals surface area contributed by atoms with Crippen molar-refractivity contribution in [3.8, 4) is 11.5 Å². The van der Waals surface area contributed by atoms with Crippen molar-refractivity contribution in [2.75, 3.05) is 18.2 Å². The molecular weight excluding hydrogens is 446 g/mol. The Morgan fingerprint density at radius 2 is 2.00 bits per heavy atom. The maximum Gasteiger partial charge on any atom is 0.236 e. The summed E-state index contributed by atoms with van der Waals surface area (Å²) >= 11 is 2.79. The number of thiazole rings is 1. The monoisotopic (exact) mass is 469 g/mol. The van der Waals surface area contributed by atoms with E-state index in [9.17, 15) is 4.79 Å². The zero-order valence-corrected chi connectivity index (χ0v) is 19.6. The highest BCUT2D eigenvalue weighted by Gasteiger charge is 2.20. The number of hydrogen-bond donors (Lipinski definition) is 1. The third kappa shape index (κ3) is 5.03. The number of carbonyl (C=O) groups is 1. The van der Waals surface area contributed by atoms with E-state index in [0.717, 1.165) is 16.0 Å². The molecule has 0 fully saturated rings. The highest BCUT2D eigenvalue weighted by atomic mass is 32.2. The Kier molecular flexibility index (Phi) is 6.91. The van der Waals surface area contributed by atoms with Gasteiger partial charge in [-0.05, 0) is 38.1 Å². The number of fused-ring (bicyclic) bond motifs is 1. The van der Waals surface area contributed by atoms with E-state index in [2.05, 4.69) is 20.5 Å². The van der Waals surface area contributed by atoms with E-state index in [4.69, 9.17) is 9.47 Å². The number of nitrogens with one attached hydrogen (secondary N) is 1. The fourth-order valence-electron chi connectivity index (χ4n) is 3.15. The molecule has 1 amide bonds. The van der Waals surface area contributed by atoms with Crippen LogP contribution in [0.2, 0.25) is 0 Å². The maximum atomic E-state index is 12.4. The molecule has 0 saturated heterocycles. The molecule has 2 aromatic heterocycles. The van der Waals surface area contributed by atoms with Crippen LogP contribution in [-0.2, 0) is 11.3 Å². The first-order valence-electron chi connectivity index (χ1n) is 10.1. The summed E-state index contributed by atoms with van der Waals surface area (Å²) in [4.78, 5) is 16.9. The molecule has 0 aliphatic rings. The standard InChI is InChI=1S/C22H23N5O3S2/c1-4-27-20(14(2)30-16-9-7-8-15(12-16)29-3)25-26-22(27)31-13-19(28)24-21-23-17-10-5-6-11-18(17)32-21/h5-12,14H,4,13H2,1-3H3,(H,23,24,28). The van der Waals surface area contributed by atoms with Crippen molar-refractivity contribution in [2.45, 2.75) is 31.7 Å². The first-order valence-corrected chi connectivity index (χ1v) is 11.9. The van der Waals surface area contributed by atoms with Gasteiger partial charge in [-0.2, -0.15) is 0 Å². The van der Waals surface area contributed by atoms with Crippen LogP contribution in [0.15, 0.2) is 53.7 Å². The molecule has 32 heavy (non-hydrogen) atoms. The van der Waals surface area contributed by atoms with Crippen molar-refractivity contribution in [1.29, 1.82) is 0 Å². The molecule has 10 heteroatoms. The number of ether oxygens (including phenoxy) is 2. The molecule has 0 aliphatic heterocycles. The van der Waals surface area contributed by atoms with Crippen molar-refractivity contribution in [1.82, 2.24) is 19.7 Å². The van der Waals surface area contributed by atoms with Crippen molar-refractivity contribution >= 4 is 44.4 Å². The third-order valence-electron chi connectivity index (χ3n) is 4.65. The van der Waals surface area contributed by atoms with Crippen LogP contribution in [0.25, 0.3) is 10.2 Å². The van der Waals surface area contributed by atoms with Gasteiger partial charge in [0.1, 0.15) is 11.5 Å². The number of hydrogen-bond acceptors (Lipinski definition) is 8. The van der Waals surface area contributed by atoms with Crippen LogP contribution >= 0.6 is 23.1 Å². The van der Waals surface area contributed by atoms with Gasteiger partial charge in [-0.1, -0.05) is 41.3 Å². The summed E-state index contributed by atoms with van der Waals surface area (Å²) in [5, 5.41) is 12.7. The molecule has 1 atom stereocenters. The number of rotatable bonds is 9. The number of benzene rings is 2. The maximum absolute atomic E-state index is 12.4. The summed E-state index contributed by atoms with van der Waals surface area (Å²) in [6, 6.07) is 15.2. The van der Waals surface area contributed by atoms with E-state index < -0.39 is 0 Å². The predicted octanol–water partition coefficient (Wildman–Crippen LogP) is 4.79. The quantitative estimate of drug-likeness (QED) is 0.353. The first-order chi connectivity index (χ1) is 15.6. The van der Waals surface area contributed by atoms with E-state index in [1.165, 1.54) is 23.1 Å². The largest absolute Gasteiger partial charge is 0.497 e. The molecule has 8 nitrogen and oxygen atoms in total. The molecule has 2 heterocycles. The summed E-state index contributed by atoms with van der Waals surface area (Å²) in [7, 11) is 1.62. The van der Waals surface area contributed by atoms with Crippen LogP contribution in [0.4, 0.5) is 5.13 Å². The highest BCUT2D eigenvalue weighted by molar-refractivity contribution is 7.99. The second-order valence-electron chi connectivity index (χ2n) is 6.85. The number of para-hydroxylation sites is 1. The summed E-state index contributed by atoms with van der Waals surface area (Å²) in [5.74, 6) is 2.18. The van der Waals surface area contributed by atoms with E-state index in [0.29, 0.717) is 28.4 Å². The molecule has 0 radical (unpaired) electrons. The second kappa shape index (κ2) is 10.0. The van der Waals surface area contributed by atoms with Crippen molar-refractivity contribution < 1.29 is 14.3 Å². The molecule has 0 bridgehead atoms. The Balaban J connectivity index is 1.39. The molecule has 2 aromatic carbocycles. The molecule has 4 rings (SSSR count). The summed E-state index contributed by atoms with van der Waals surface area (Å²) in [6.45, 7) is 4.59. The van der Waals surface area contributed by atoms with E-state index >= 15 is 0 Å². The zero-order chi connectivity index (χ0) is 22.5. The molecule has 0 aliphatic carbocycles. The molecular formula is C22H23N5O3S2. The van der Waals surface area contributed by atoms with Gasteiger partial charge in [0.15, 0.2) is 22.2 Å². The lowest BCUT2D eigenvalue weighted by atomic mass is 10.3. The first kappa shape index (κ1) is 22.1. The van der Waals surface area contributed by atoms with Gasteiger partial charge in [-0.25, -0.2) is 4.98 Å². The lowest BCUT2D eigenvalue weighted by Gasteiger charge is -2.16. The Hall–Kier alpha value is -3.11. The van der Waals surface area contributed by atoms with Gasteiger partial charge in [0.2, 0.25) is 5.91 Å². The van der Waals surface area contributed by atoms with Crippen LogP contribution in [-0.4, -0.2) is 38.5 Å². The normalized spacial score (nSPS) is 12.0. The van der Waals surface area contributed by atoms with Gasteiger partial charge in [0.25, 0.3) is 0 Å². The smallest absolute Gasteiger partial charge is 0.236 e. The minimum absolute atomic E-state index is 0.137. The number of anilines is 1. The Labute approximate surface area is 194 Å². The Morgan fingerprint density at radius 3 is 2.78 bits per heavy atom.